The molecule has 0 radical (unpaired) electrons. The van der Waals surface area contributed by atoms with E-state index in [9.17, 15) is 4.79 Å². The highest BCUT2D eigenvalue weighted by Gasteiger charge is 2.30. The number of aromatic nitrogens is 2. The molecule has 17 heavy (non-hydrogen) atoms. The molecule has 1 aromatic rings. The topological polar surface area (TPSA) is 50.2 Å². The molecule has 0 unspecified atom stereocenters. The predicted molar refractivity (Wildman–Crippen MR) is 65.3 cm³/mol. The summed E-state index contributed by atoms with van der Waals surface area (Å²) >= 11 is 0. The van der Waals surface area contributed by atoms with E-state index in [2.05, 4.69) is 10.4 Å². The number of carbonyl (C=O) groups is 1. The normalized spacial score (nSPS) is 14.9. The van der Waals surface area contributed by atoms with Crippen LogP contribution in [0.1, 0.15) is 25.5 Å². The summed E-state index contributed by atoms with van der Waals surface area (Å²) in [6, 6.07) is 2.46. The van der Waals surface area contributed by atoms with Crippen LogP contribution >= 0.6 is 0 Å². The van der Waals surface area contributed by atoms with Gasteiger partial charge in [-0.2, -0.15) is 5.10 Å². The molecule has 0 spiro atoms. The average molecular weight is 236 g/mol. The molecule has 5 heteroatoms. The van der Waals surface area contributed by atoms with E-state index in [0.29, 0.717) is 19.1 Å². The van der Waals surface area contributed by atoms with E-state index in [1.807, 2.05) is 29.6 Å². The Morgan fingerprint density at radius 3 is 2.94 bits per heavy atom. The van der Waals surface area contributed by atoms with Crippen molar-refractivity contribution >= 4 is 5.91 Å². The number of nitrogens with one attached hydrogen (secondary N) is 1. The van der Waals surface area contributed by atoms with Crippen LogP contribution in [0.4, 0.5) is 0 Å². The van der Waals surface area contributed by atoms with Gasteiger partial charge in [0.2, 0.25) is 5.91 Å². The number of rotatable bonds is 6. The zero-order valence-corrected chi connectivity index (χ0v) is 10.5. The van der Waals surface area contributed by atoms with Crippen LogP contribution in [-0.4, -0.2) is 39.7 Å². The maximum Gasteiger partial charge on any atom is 0.236 e. The van der Waals surface area contributed by atoms with Gasteiger partial charge in [0.25, 0.3) is 0 Å². The zero-order chi connectivity index (χ0) is 12.3. The molecule has 5 nitrogen and oxygen atoms in total. The van der Waals surface area contributed by atoms with Crippen LogP contribution < -0.4 is 5.32 Å². The van der Waals surface area contributed by atoms with E-state index in [0.717, 1.165) is 12.2 Å². The van der Waals surface area contributed by atoms with Gasteiger partial charge in [0.15, 0.2) is 0 Å². The number of amides is 1. The monoisotopic (exact) mass is 236 g/mol. The summed E-state index contributed by atoms with van der Waals surface area (Å²) in [6.07, 6.45) is 4.10. The van der Waals surface area contributed by atoms with Crippen molar-refractivity contribution in [1.82, 2.24) is 20.0 Å². The van der Waals surface area contributed by atoms with Crippen molar-refractivity contribution in [2.45, 2.75) is 32.4 Å². The fraction of sp³-hybridized carbons (Fsp3) is 0.667. The van der Waals surface area contributed by atoms with Crippen LogP contribution in [-0.2, 0) is 18.4 Å². The van der Waals surface area contributed by atoms with Crippen molar-refractivity contribution in [3.05, 3.63) is 18.0 Å². The lowest BCUT2D eigenvalue weighted by atomic mass is 10.4. The van der Waals surface area contributed by atoms with E-state index in [-0.39, 0.29) is 5.91 Å². The van der Waals surface area contributed by atoms with Crippen LogP contribution in [0.25, 0.3) is 0 Å². The van der Waals surface area contributed by atoms with E-state index in [4.69, 9.17) is 0 Å². The van der Waals surface area contributed by atoms with Gasteiger partial charge in [-0.15, -0.1) is 0 Å². The van der Waals surface area contributed by atoms with Crippen molar-refractivity contribution < 1.29 is 4.79 Å². The van der Waals surface area contributed by atoms with Gasteiger partial charge in [-0.3, -0.25) is 9.48 Å². The van der Waals surface area contributed by atoms with Crippen LogP contribution in [0, 0.1) is 0 Å². The first-order valence-electron chi connectivity index (χ1n) is 6.19. The van der Waals surface area contributed by atoms with Crippen molar-refractivity contribution in [3.8, 4) is 0 Å². The number of hydrogen-bond acceptors (Lipinski definition) is 3. The Kier molecular flexibility index (Phi) is 3.78. The molecular weight excluding hydrogens is 216 g/mol. The summed E-state index contributed by atoms with van der Waals surface area (Å²) in [5.74, 6) is 0.206. The smallest absolute Gasteiger partial charge is 0.236 e. The first-order valence-corrected chi connectivity index (χ1v) is 6.19. The Balaban J connectivity index is 1.74. The largest absolute Gasteiger partial charge is 0.339 e. The summed E-state index contributed by atoms with van der Waals surface area (Å²) in [7, 11) is 1.90. The molecule has 1 aliphatic carbocycles. The number of nitrogens with zero attached hydrogens (tertiary/aromatic N) is 3. The van der Waals surface area contributed by atoms with Gasteiger partial charge >= 0.3 is 0 Å². The second-order valence-corrected chi connectivity index (χ2v) is 4.46. The predicted octanol–water partition coefficient (Wildman–Crippen LogP) is 0.521. The van der Waals surface area contributed by atoms with Crippen molar-refractivity contribution in [2.75, 3.05) is 13.1 Å². The Hall–Kier alpha value is -1.36. The maximum atomic E-state index is 11.9. The van der Waals surface area contributed by atoms with E-state index in [1.54, 1.807) is 6.20 Å². The highest BCUT2D eigenvalue weighted by molar-refractivity contribution is 5.78. The van der Waals surface area contributed by atoms with Gasteiger partial charge in [-0.05, 0) is 25.8 Å². The second-order valence-electron chi connectivity index (χ2n) is 4.46. The lowest BCUT2D eigenvalue weighted by molar-refractivity contribution is -0.130. The van der Waals surface area contributed by atoms with Crippen LogP contribution in [0.15, 0.2) is 12.3 Å². The minimum absolute atomic E-state index is 0.206. The SMILES string of the molecule is CCN(C(=O)CNCc1ccnn1C)C1CC1. The fourth-order valence-corrected chi connectivity index (χ4v) is 2.00. The van der Waals surface area contributed by atoms with Gasteiger partial charge in [-0.25, -0.2) is 0 Å². The molecule has 0 aliphatic heterocycles. The van der Waals surface area contributed by atoms with Crippen molar-refractivity contribution in [3.63, 3.8) is 0 Å². The second kappa shape index (κ2) is 5.31. The molecule has 1 heterocycles. The Morgan fingerprint density at radius 1 is 1.65 bits per heavy atom. The number of likely N-dealkylation sites (N-methyl/N-ethyl adjacent to an activating group) is 1. The van der Waals surface area contributed by atoms with Crippen LogP contribution in [0.2, 0.25) is 0 Å². The lowest BCUT2D eigenvalue weighted by Crippen LogP contribution is -2.39. The average Bonchev–Trinajstić information content (AvgIpc) is 3.05. The zero-order valence-electron chi connectivity index (χ0n) is 10.5. The summed E-state index contributed by atoms with van der Waals surface area (Å²) in [4.78, 5) is 13.9. The van der Waals surface area contributed by atoms with Crippen LogP contribution in [0.3, 0.4) is 0 Å². The third-order valence-electron chi connectivity index (χ3n) is 3.15. The van der Waals surface area contributed by atoms with E-state index < -0.39 is 0 Å². The highest BCUT2D eigenvalue weighted by Crippen LogP contribution is 2.26. The molecule has 1 fully saturated rings. The lowest BCUT2D eigenvalue weighted by Gasteiger charge is -2.20. The van der Waals surface area contributed by atoms with Crippen molar-refractivity contribution in [1.29, 1.82) is 0 Å². The molecule has 0 saturated heterocycles. The van der Waals surface area contributed by atoms with E-state index >= 15 is 0 Å². The summed E-state index contributed by atoms with van der Waals surface area (Å²) in [6.45, 7) is 3.95. The van der Waals surface area contributed by atoms with Crippen LogP contribution in [0.5, 0.6) is 0 Å². The van der Waals surface area contributed by atoms with Gasteiger partial charge in [-0.1, -0.05) is 0 Å². The summed E-state index contributed by atoms with van der Waals surface area (Å²) in [5, 5.41) is 7.26. The summed E-state index contributed by atoms with van der Waals surface area (Å²) < 4.78 is 1.82. The maximum absolute atomic E-state index is 11.9. The molecule has 1 aromatic heterocycles. The standard InChI is InChI=1S/C12H20N4O/c1-3-16(10-4-5-10)12(17)9-13-8-11-6-7-14-15(11)2/h6-7,10,13H,3-5,8-9H2,1-2H3. The Labute approximate surface area is 102 Å². The van der Waals surface area contributed by atoms with Crippen molar-refractivity contribution in [2.24, 2.45) is 7.05 Å². The first-order chi connectivity index (χ1) is 8.22. The molecule has 94 valence electrons. The number of aryl methyl sites for hydroxylation is 1. The Morgan fingerprint density at radius 2 is 2.41 bits per heavy atom. The minimum Gasteiger partial charge on any atom is -0.339 e. The third-order valence-corrected chi connectivity index (χ3v) is 3.15. The van der Waals surface area contributed by atoms with Gasteiger partial charge in [0.05, 0.1) is 12.2 Å². The molecule has 2 rings (SSSR count). The number of hydrogen-bond donors (Lipinski definition) is 1. The third kappa shape index (κ3) is 3.06. The molecule has 1 amide bonds. The highest BCUT2D eigenvalue weighted by atomic mass is 16.2. The van der Waals surface area contributed by atoms with Gasteiger partial charge < -0.3 is 10.2 Å². The quantitative estimate of drug-likeness (QED) is 0.783. The molecule has 1 saturated carbocycles. The van der Waals surface area contributed by atoms with Gasteiger partial charge in [0.1, 0.15) is 0 Å². The van der Waals surface area contributed by atoms with E-state index in [1.165, 1.54) is 12.8 Å². The Bertz CT molecular complexity index is 384. The molecule has 0 bridgehead atoms. The number of carbonyl (C=O) groups excluding carboxylic acids is 1. The molecule has 0 aromatic carbocycles. The molecule has 1 aliphatic rings. The first kappa shape index (κ1) is 12.1. The molecule has 0 atom stereocenters. The van der Waals surface area contributed by atoms with Gasteiger partial charge in [0, 0.05) is 32.4 Å². The fourth-order valence-electron chi connectivity index (χ4n) is 2.00. The minimum atomic E-state index is 0.206. The molecular formula is C12H20N4O. The summed E-state index contributed by atoms with van der Waals surface area (Å²) in [5.41, 5.74) is 1.09. The molecule has 1 N–H and O–H groups in total.